The molecule has 0 fully saturated rings. The molecule has 2 amide bonds. The number of aliphatic carboxylic acids is 1. The molecule has 102 valence electrons. The Bertz CT molecular complexity index is 482. The normalized spacial score (nSPS) is 11.5. The van der Waals surface area contributed by atoms with Gasteiger partial charge in [0.25, 0.3) is 0 Å². The number of carboxylic acid groups (broad SMARTS) is 1. The number of anilines is 1. The molecule has 3 N–H and O–H groups in total. The summed E-state index contributed by atoms with van der Waals surface area (Å²) in [6.45, 7) is 3.12. The van der Waals surface area contributed by atoms with E-state index < -0.39 is 18.0 Å². The van der Waals surface area contributed by atoms with Crippen LogP contribution in [0.4, 0.5) is 10.5 Å². The maximum Gasteiger partial charge on any atom is 0.326 e. The molecule has 0 aromatic heterocycles. The average molecular weight is 264 g/mol. The fourth-order valence-corrected chi connectivity index (χ4v) is 1.45. The van der Waals surface area contributed by atoms with Crippen LogP contribution in [0.25, 0.3) is 0 Å². The lowest BCUT2D eigenvalue weighted by Crippen LogP contribution is -2.42. The van der Waals surface area contributed by atoms with E-state index >= 15 is 0 Å². The SMILES string of the molecule is CC[C@@H](NC(=O)Nc1ccc(C(C)=O)cc1)C(=O)O. The molecule has 0 aliphatic carbocycles. The summed E-state index contributed by atoms with van der Waals surface area (Å²) in [5, 5.41) is 13.6. The standard InChI is InChI=1S/C13H16N2O4/c1-3-11(12(17)18)15-13(19)14-10-6-4-9(5-7-10)8(2)16/h4-7,11H,3H2,1-2H3,(H,17,18)(H2,14,15,19)/t11-/m1/s1. The van der Waals surface area contributed by atoms with E-state index in [-0.39, 0.29) is 5.78 Å². The molecule has 1 aromatic carbocycles. The van der Waals surface area contributed by atoms with Gasteiger partial charge in [-0.15, -0.1) is 0 Å². The number of carbonyl (C=O) groups excluding carboxylic acids is 2. The van der Waals surface area contributed by atoms with Crippen LogP contribution < -0.4 is 10.6 Å². The van der Waals surface area contributed by atoms with Crippen molar-refractivity contribution in [2.75, 3.05) is 5.32 Å². The first-order valence-electron chi connectivity index (χ1n) is 5.85. The van der Waals surface area contributed by atoms with Crippen molar-refractivity contribution in [2.45, 2.75) is 26.3 Å². The van der Waals surface area contributed by atoms with E-state index in [4.69, 9.17) is 5.11 Å². The Morgan fingerprint density at radius 1 is 1.21 bits per heavy atom. The van der Waals surface area contributed by atoms with Gasteiger partial charge in [0.05, 0.1) is 0 Å². The fraction of sp³-hybridized carbons (Fsp3) is 0.308. The van der Waals surface area contributed by atoms with E-state index in [9.17, 15) is 14.4 Å². The molecule has 1 atom stereocenters. The van der Waals surface area contributed by atoms with Gasteiger partial charge in [0.2, 0.25) is 0 Å². The topological polar surface area (TPSA) is 95.5 Å². The Morgan fingerprint density at radius 3 is 2.21 bits per heavy atom. The third-order valence-electron chi connectivity index (χ3n) is 2.56. The van der Waals surface area contributed by atoms with E-state index in [1.54, 1.807) is 31.2 Å². The van der Waals surface area contributed by atoms with Gasteiger partial charge in [0.1, 0.15) is 6.04 Å². The van der Waals surface area contributed by atoms with Crippen molar-refractivity contribution in [3.8, 4) is 0 Å². The number of amides is 2. The predicted molar refractivity (Wildman–Crippen MR) is 70.3 cm³/mol. The quantitative estimate of drug-likeness (QED) is 0.707. The van der Waals surface area contributed by atoms with E-state index in [0.717, 1.165) is 0 Å². The van der Waals surface area contributed by atoms with Crippen LogP contribution in [0.3, 0.4) is 0 Å². The first-order chi connectivity index (χ1) is 8.93. The van der Waals surface area contributed by atoms with Crippen molar-refractivity contribution < 1.29 is 19.5 Å². The van der Waals surface area contributed by atoms with Gasteiger partial charge in [0, 0.05) is 11.3 Å². The summed E-state index contributed by atoms with van der Waals surface area (Å²) in [6, 6.07) is 4.83. The predicted octanol–water partition coefficient (Wildman–Crippen LogP) is 1.87. The van der Waals surface area contributed by atoms with Crippen LogP contribution in [-0.2, 0) is 4.79 Å². The first-order valence-corrected chi connectivity index (χ1v) is 5.85. The molecule has 0 saturated heterocycles. The number of Topliss-reactive ketones (excluding diaryl/α,β-unsaturated/α-hetero) is 1. The molecule has 0 saturated carbocycles. The van der Waals surface area contributed by atoms with Crippen LogP contribution in [0.15, 0.2) is 24.3 Å². The van der Waals surface area contributed by atoms with Gasteiger partial charge in [0.15, 0.2) is 5.78 Å². The molecule has 0 unspecified atom stereocenters. The van der Waals surface area contributed by atoms with Crippen LogP contribution in [0.1, 0.15) is 30.6 Å². The van der Waals surface area contributed by atoms with Crippen LogP contribution in [0.5, 0.6) is 0 Å². The molecule has 6 nitrogen and oxygen atoms in total. The second-order valence-corrected chi connectivity index (χ2v) is 4.03. The first kappa shape index (κ1) is 14.7. The molecule has 6 heteroatoms. The van der Waals surface area contributed by atoms with Crippen molar-refractivity contribution in [3.05, 3.63) is 29.8 Å². The van der Waals surface area contributed by atoms with Gasteiger partial charge in [-0.05, 0) is 37.6 Å². The smallest absolute Gasteiger partial charge is 0.326 e. The van der Waals surface area contributed by atoms with Crippen LogP contribution in [0.2, 0.25) is 0 Å². The minimum absolute atomic E-state index is 0.0621. The second kappa shape index (κ2) is 6.53. The van der Waals surface area contributed by atoms with Gasteiger partial charge in [-0.25, -0.2) is 9.59 Å². The highest BCUT2D eigenvalue weighted by atomic mass is 16.4. The van der Waals surface area contributed by atoms with Gasteiger partial charge in [-0.1, -0.05) is 6.92 Å². The van der Waals surface area contributed by atoms with Gasteiger partial charge in [-0.3, -0.25) is 4.79 Å². The molecular formula is C13H16N2O4. The third-order valence-corrected chi connectivity index (χ3v) is 2.56. The molecule has 1 rings (SSSR count). The number of hydrogen-bond acceptors (Lipinski definition) is 3. The Labute approximate surface area is 110 Å². The number of carbonyl (C=O) groups is 3. The lowest BCUT2D eigenvalue weighted by molar-refractivity contribution is -0.139. The Morgan fingerprint density at radius 2 is 1.79 bits per heavy atom. The molecule has 0 heterocycles. The number of hydrogen-bond donors (Lipinski definition) is 3. The maximum atomic E-state index is 11.6. The molecule has 0 aliphatic heterocycles. The van der Waals surface area contributed by atoms with Gasteiger partial charge < -0.3 is 15.7 Å². The number of urea groups is 1. The summed E-state index contributed by atoms with van der Waals surface area (Å²) < 4.78 is 0. The van der Waals surface area contributed by atoms with Gasteiger partial charge in [-0.2, -0.15) is 0 Å². The van der Waals surface area contributed by atoms with E-state index in [1.807, 2.05) is 0 Å². The number of carboxylic acids is 1. The van der Waals surface area contributed by atoms with Gasteiger partial charge >= 0.3 is 12.0 Å². The molecule has 0 aliphatic rings. The number of benzene rings is 1. The Hall–Kier alpha value is -2.37. The largest absolute Gasteiger partial charge is 0.480 e. The molecule has 0 radical (unpaired) electrons. The summed E-state index contributed by atoms with van der Waals surface area (Å²) >= 11 is 0. The minimum atomic E-state index is -1.08. The zero-order chi connectivity index (χ0) is 14.4. The number of nitrogens with one attached hydrogen (secondary N) is 2. The Kier molecular flexibility index (Phi) is 5.05. The zero-order valence-corrected chi connectivity index (χ0v) is 10.8. The monoisotopic (exact) mass is 264 g/mol. The summed E-state index contributed by atoms with van der Waals surface area (Å²) in [7, 11) is 0. The van der Waals surface area contributed by atoms with Crippen LogP contribution >= 0.6 is 0 Å². The highest BCUT2D eigenvalue weighted by Gasteiger charge is 2.17. The van der Waals surface area contributed by atoms with Crippen LogP contribution in [-0.4, -0.2) is 28.9 Å². The lowest BCUT2D eigenvalue weighted by Gasteiger charge is -2.13. The minimum Gasteiger partial charge on any atom is -0.480 e. The molecule has 0 spiro atoms. The lowest BCUT2D eigenvalue weighted by atomic mass is 10.1. The fourth-order valence-electron chi connectivity index (χ4n) is 1.45. The summed E-state index contributed by atoms with van der Waals surface area (Å²) in [5.41, 5.74) is 1.03. The van der Waals surface area contributed by atoms with Crippen molar-refractivity contribution >= 4 is 23.5 Å². The summed E-state index contributed by atoms with van der Waals surface area (Å²) in [6.07, 6.45) is 0.298. The molecular weight excluding hydrogens is 248 g/mol. The second-order valence-electron chi connectivity index (χ2n) is 4.03. The highest BCUT2D eigenvalue weighted by molar-refractivity contribution is 5.95. The van der Waals surface area contributed by atoms with Crippen molar-refractivity contribution in [3.63, 3.8) is 0 Å². The summed E-state index contributed by atoms with van der Waals surface area (Å²) in [5.74, 6) is -1.14. The number of rotatable bonds is 5. The van der Waals surface area contributed by atoms with E-state index in [2.05, 4.69) is 10.6 Å². The summed E-state index contributed by atoms with van der Waals surface area (Å²) in [4.78, 5) is 33.4. The molecule has 0 bridgehead atoms. The average Bonchev–Trinajstić information content (AvgIpc) is 2.36. The maximum absolute atomic E-state index is 11.6. The zero-order valence-electron chi connectivity index (χ0n) is 10.8. The van der Waals surface area contributed by atoms with E-state index in [0.29, 0.717) is 17.7 Å². The number of ketones is 1. The van der Waals surface area contributed by atoms with Crippen LogP contribution in [0, 0.1) is 0 Å². The van der Waals surface area contributed by atoms with E-state index in [1.165, 1.54) is 6.92 Å². The Balaban J connectivity index is 2.61. The molecule has 1 aromatic rings. The molecule has 19 heavy (non-hydrogen) atoms. The highest BCUT2D eigenvalue weighted by Crippen LogP contribution is 2.10. The van der Waals surface area contributed by atoms with Crippen molar-refractivity contribution in [1.29, 1.82) is 0 Å². The van der Waals surface area contributed by atoms with Crippen molar-refractivity contribution in [2.24, 2.45) is 0 Å². The third kappa shape index (κ3) is 4.42. The van der Waals surface area contributed by atoms with Crippen molar-refractivity contribution in [1.82, 2.24) is 5.32 Å².